The third-order valence-corrected chi connectivity index (χ3v) is 6.25. The van der Waals surface area contributed by atoms with E-state index >= 15 is 0 Å². The Morgan fingerprint density at radius 3 is 2.68 bits per heavy atom. The third kappa shape index (κ3) is 2.83. The lowest BCUT2D eigenvalue weighted by molar-refractivity contribution is -0.123. The van der Waals surface area contributed by atoms with Gasteiger partial charge in [-0.3, -0.25) is 4.79 Å². The number of rotatable bonds is 3. The molecule has 2 aliphatic carbocycles. The van der Waals surface area contributed by atoms with E-state index in [-0.39, 0.29) is 23.0 Å². The predicted octanol–water partition coefficient (Wildman–Crippen LogP) is 4.19. The molecule has 1 aromatic rings. The van der Waals surface area contributed by atoms with E-state index in [2.05, 4.69) is 49.3 Å². The van der Waals surface area contributed by atoms with E-state index in [0.29, 0.717) is 14.9 Å². The number of carbonyl (C=O) groups excluding carboxylic acids is 1. The number of halogens is 2. The van der Waals surface area contributed by atoms with E-state index in [1.54, 1.807) is 18.3 Å². The highest BCUT2D eigenvalue weighted by molar-refractivity contribution is 9.11. The van der Waals surface area contributed by atoms with Gasteiger partial charge in [-0.15, -0.1) is 0 Å². The van der Waals surface area contributed by atoms with Crippen LogP contribution in [0.3, 0.4) is 0 Å². The van der Waals surface area contributed by atoms with Gasteiger partial charge in [0.1, 0.15) is 5.75 Å². The number of hydrogen-bond donors (Lipinski definition) is 2. The first-order valence-corrected chi connectivity index (χ1v) is 9.03. The summed E-state index contributed by atoms with van der Waals surface area (Å²) in [5, 5.41) is 13.7. The summed E-state index contributed by atoms with van der Waals surface area (Å²) in [5.41, 5.74) is 3.65. The molecule has 2 saturated carbocycles. The first kappa shape index (κ1) is 16.0. The highest BCUT2D eigenvalue weighted by Gasteiger charge is 2.64. The third-order valence-electron chi connectivity index (χ3n) is 5.04. The standard InChI is InChI=1S/C16H18Br2N2O2/c1-16-5-3-2-4-10(16)13(16)15(22)20-19-8-9-6-11(17)14(21)12(18)7-9/h6-8,10,13,21H,2-5H2,1H3,(H,20,22)/b19-8-/t10-,13+,16+/m1/s1. The van der Waals surface area contributed by atoms with Crippen LogP contribution in [0.25, 0.3) is 0 Å². The van der Waals surface area contributed by atoms with Gasteiger partial charge >= 0.3 is 0 Å². The van der Waals surface area contributed by atoms with Gasteiger partial charge in [0.05, 0.1) is 15.2 Å². The quantitative estimate of drug-likeness (QED) is 0.558. The van der Waals surface area contributed by atoms with Crippen LogP contribution in [-0.4, -0.2) is 17.2 Å². The van der Waals surface area contributed by atoms with Crippen molar-refractivity contribution in [2.75, 3.05) is 0 Å². The van der Waals surface area contributed by atoms with Crippen LogP contribution < -0.4 is 5.43 Å². The SMILES string of the molecule is C[C@]12CCCC[C@@H]1[C@H]2C(=O)N/N=C\c1cc(Br)c(O)c(Br)c1. The van der Waals surface area contributed by atoms with E-state index in [1.165, 1.54) is 12.8 Å². The Balaban J connectivity index is 1.62. The molecule has 0 spiro atoms. The Kier molecular flexibility index (Phi) is 4.34. The molecule has 0 unspecified atom stereocenters. The lowest BCUT2D eigenvalue weighted by Crippen LogP contribution is -2.22. The molecule has 0 aliphatic heterocycles. The normalized spacial score (nSPS) is 30.1. The first-order chi connectivity index (χ1) is 10.4. The van der Waals surface area contributed by atoms with Crippen molar-refractivity contribution in [2.45, 2.75) is 32.6 Å². The number of phenolic OH excluding ortho intramolecular Hbond substituents is 1. The molecule has 0 radical (unpaired) electrons. The van der Waals surface area contributed by atoms with E-state index in [4.69, 9.17) is 0 Å². The average Bonchev–Trinajstić information content (AvgIpc) is 3.10. The van der Waals surface area contributed by atoms with Crippen LogP contribution in [0, 0.1) is 17.3 Å². The van der Waals surface area contributed by atoms with Crippen LogP contribution in [0.15, 0.2) is 26.2 Å². The van der Waals surface area contributed by atoms with E-state index in [9.17, 15) is 9.90 Å². The molecule has 0 bridgehead atoms. The Labute approximate surface area is 146 Å². The molecule has 0 saturated heterocycles. The van der Waals surface area contributed by atoms with E-state index in [0.717, 1.165) is 18.4 Å². The molecule has 3 atom stereocenters. The van der Waals surface area contributed by atoms with Crippen LogP contribution in [0.5, 0.6) is 5.75 Å². The van der Waals surface area contributed by atoms with Crippen molar-refractivity contribution in [3.63, 3.8) is 0 Å². The number of aromatic hydroxyl groups is 1. The molecule has 22 heavy (non-hydrogen) atoms. The lowest BCUT2D eigenvalue weighted by atomic mass is 9.90. The fourth-order valence-electron chi connectivity index (χ4n) is 3.75. The van der Waals surface area contributed by atoms with Crippen LogP contribution in [0.1, 0.15) is 38.2 Å². The van der Waals surface area contributed by atoms with Gasteiger partial charge in [-0.1, -0.05) is 19.8 Å². The minimum atomic E-state index is 0.0301. The molecule has 2 N–H and O–H groups in total. The van der Waals surface area contributed by atoms with Crippen molar-refractivity contribution in [2.24, 2.45) is 22.4 Å². The molecular formula is C16H18Br2N2O2. The molecule has 2 fully saturated rings. The van der Waals surface area contributed by atoms with Gasteiger partial charge in [-0.05, 0) is 73.7 Å². The summed E-state index contributed by atoms with van der Waals surface area (Å²) in [6, 6.07) is 3.49. The van der Waals surface area contributed by atoms with Crippen molar-refractivity contribution in [3.8, 4) is 5.75 Å². The van der Waals surface area contributed by atoms with Gasteiger partial charge in [-0.25, -0.2) is 5.43 Å². The number of hydrogen-bond acceptors (Lipinski definition) is 3. The van der Waals surface area contributed by atoms with Gasteiger partial charge < -0.3 is 5.11 Å². The van der Waals surface area contributed by atoms with Crippen LogP contribution in [0.2, 0.25) is 0 Å². The summed E-state index contributed by atoms with van der Waals surface area (Å²) in [4.78, 5) is 12.3. The number of phenols is 1. The number of benzene rings is 1. The largest absolute Gasteiger partial charge is 0.506 e. The molecule has 0 aromatic heterocycles. The number of fused-ring (bicyclic) bond motifs is 1. The van der Waals surface area contributed by atoms with Crippen molar-refractivity contribution < 1.29 is 9.90 Å². The minimum Gasteiger partial charge on any atom is -0.506 e. The second-order valence-corrected chi connectivity index (χ2v) is 8.11. The summed E-state index contributed by atoms with van der Waals surface area (Å²) in [7, 11) is 0. The maximum Gasteiger partial charge on any atom is 0.244 e. The van der Waals surface area contributed by atoms with Crippen molar-refractivity contribution >= 4 is 44.0 Å². The zero-order valence-electron chi connectivity index (χ0n) is 12.3. The van der Waals surface area contributed by atoms with E-state index in [1.807, 2.05) is 0 Å². The fraction of sp³-hybridized carbons (Fsp3) is 0.500. The van der Waals surface area contributed by atoms with Crippen LogP contribution in [-0.2, 0) is 4.79 Å². The van der Waals surface area contributed by atoms with Crippen molar-refractivity contribution in [3.05, 3.63) is 26.6 Å². The number of nitrogens with one attached hydrogen (secondary N) is 1. The molecule has 3 rings (SSSR count). The molecule has 2 aliphatic rings. The highest BCUT2D eigenvalue weighted by Crippen LogP contribution is 2.66. The van der Waals surface area contributed by atoms with Gasteiger partial charge in [-0.2, -0.15) is 5.10 Å². The molecular weight excluding hydrogens is 412 g/mol. The van der Waals surface area contributed by atoms with Crippen molar-refractivity contribution in [1.82, 2.24) is 5.43 Å². The highest BCUT2D eigenvalue weighted by atomic mass is 79.9. The Morgan fingerprint density at radius 2 is 2.09 bits per heavy atom. The zero-order valence-corrected chi connectivity index (χ0v) is 15.4. The molecule has 118 valence electrons. The van der Waals surface area contributed by atoms with Gasteiger partial charge in [0, 0.05) is 5.92 Å². The molecule has 1 amide bonds. The lowest BCUT2D eigenvalue weighted by Gasteiger charge is -2.15. The number of nitrogens with zero attached hydrogens (tertiary/aromatic N) is 1. The Hall–Kier alpha value is -0.880. The summed E-state index contributed by atoms with van der Waals surface area (Å²) >= 11 is 6.54. The predicted molar refractivity (Wildman–Crippen MR) is 92.8 cm³/mol. The van der Waals surface area contributed by atoms with E-state index < -0.39 is 0 Å². The number of carbonyl (C=O) groups is 1. The minimum absolute atomic E-state index is 0.0301. The average molecular weight is 430 g/mol. The Bertz CT molecular complexity index is 624. The number of amides is 1. The first-order valence-electron chi connectivity index (χ1n) is 7.44. The maximum atomic E-state index is 12.3. The molecule has 0 heterocycles. The summed E-state index contributed by atoms with van der Waals surface area (Å²) in [6.45, 7) is 2.22. The smallest absolute Gasteiger partial charge is 0.244 e. The van der Waals surface area contributed by atoms with Crippen LogP contribution in [0.4, 0.5) is 0 Å². The van der Waals surface area contributed by atoms with Gasteiger partial charge in [0.25, 0.3) is 0 Å². The topological polar surface area (TPSA) is 61.7 Å². The van der Waals surface area contributed by atoms with Crippen molar-refractivity contribution in [1.29, 1.82) is 0 Å². The second kappa shape index (κ2) is 5.96. The molecule has 4 nitrogen and oxygen atoms in total. The monoisotopic (exact) mass is 428 g/mol. The van der Waals surface area contributed by atoms with Crippen LogP contribution >= 0.6 is 31.9 Å². The summed E-state index contributed by atoms with van der Waals surface area (Å²) in [6.07, 6.45) is 6.37. The van der Waals surface area contributed by atoms with Gasteiger partial charge in [0.15, 0.2) is 0 Å². The zero-order chi connectivity index (χ0) is 15.9. The Morgan fingerprint density at radius 1 is 1.41 bits per heavy atom. The molecule has 1 aromatic carbocycles. The van der Waals surface area contributed by atoms with Gasteiger partial charge in [0.2, 0.25) is 5.91 Å². The fourth-order valence-corrected chi connectivity index (χ4v) is 4.97. The number of hydrazone groups is 1. The summed E-state index contributed by atoms with van der Waals surface area (Å²) in [5.74, 6) is 0.831. The second-order valence-electron chi connectivity index (χ2n) is 6.40. The summed E-state index contributed by atoms with van der Waals surface area (Å²) < 4.78 is 1.16. The molecule has 6 heteroatoms. The maximum absolute atomic E-state index is 12.3.